The Balaban J connectivity index is 2.90. The summed E-state index contributed by atoms with van der Waals surface area (Å²) in [6.07, 6.45) is -1.17. The molecule has 0 saturated heterocycles. The van der Waals surface area contributed by atoms with E-state index in [0.717, 1.165) is 0 Å². The lowest BCUT2D eigenvalue weighted by Gasteiger charge is -2.15. The van der Waals surface area contributed by atoms with Crippen molar-refractivity contribution in [3.05, 3.63) is 22.7 Å². The fourth-order valence-corrected chi connectivity index (χ4v) is 1.95. The largest absolute Gasteiger partial charge is 0.493 e. The number of benzene rings is 1. The fraction of sp³-hybridized carbons (Fsp3) is 0.400. The maximum Gasteiger partial charge on any atom is 0.339 e. The zero-order valence-corrected chi connectivity index (χ0v) is 14.5. The zero-order valence-electron chi connectivity index (χ0n) is 13.8. The van der Waals surface area contributed by atoms with Gasteiger partial charge in [-0.05, 0) is 26.0 Å². The van der Waals surface area contributed by atoms with Crippen LogP contribution in [-0.4, -0.2) is 44.8 Å². The van der Waals surface area contributed by atoms with Gasteiger partial charge in [0.2, 0.25) is 0 Å². The average molecular weight is 359 g/mol. The lowest BCUT2D eigenvalue weighted by molar-refractivity contribution is -0.127. The second-order valence-electron chi connectivity index (χ2n) is 4.54. The van der Waals surface area contributed by atoms with Gasteiger partial charge in [0.25, 0.3) is 5.91 Å². The van der Waals surface area contributed by atoms with Crippen molar-refractivity contribution in [3.8, 4) is 11.5 Å². The lowest BCUT2D eigenvalue weighted by atomic mass is 10.2. The molecule has 9 heteroatoms. The summed E-state index contributed by atoms with van der Waals surface area (Å²) in [5.41, 5.74) is 0.0832. The Labute approximate surface area is 144 Å². The molecular formula is C15H19ClN2O6. The molecule has 0 fully saturated rings. The summed E-state index contributed by atoms with van der Waals surface area (Å²) < 4.78 is 15.5. The van der Waals surface area contributed by atoms with Crippen LogP contribution in [-0.2, 0) is 9.53 Å². The molecule has 0 bridgehead atoms. The first-order valence-electron chi connectivity index (χ1n) is 7.07. The molecule has 2 N–H and O–H groups in total. The zero-order chi connectivity index (χ0) is 18.3. The van der Waals surface area contributed by atoms with Crippen molar-refractivity contribution < 1.29 is 28.6 Å². The van der Waals surface area contributed by atoms with Gasteiger partial charge in [0, 0.05) is 7.05 Å². The van der Waals surface area contributed by atoms with E-state index >= 15 is 0 Å². The van der Waals surface area contributed by atoms with Gasteiger partial charge in [0.1, 0.15) is 0 Å². The molecule has 1 aromatic carbocycles. The number of carbonyl (C=O) groups is 3. The molecule has 0 unspecified atom stereocenters. The van der Waals surface area contributed by atoms with Gasteiger partial charge < -0.3 is 19.5 Å². The van der Waals surface area contributed by atoms with Gasteiger partial charge in [-0.15, -0.1) is 0 Å². The van der Waals surface area contributed by atoms with Crippen LogP contribution >= 0.6 is 11.6 Å². The molecule has 0 heterocycles. The van der Waals surface area contributed by atoms with Crippen molar-refractivity contribution in [2.75, 3.05) is 20.8 Å². The number of imide groups is 1. The van der Waals surface area contributed by atoms with E-state index in [1.165, 1.54) is 33.2 Å². The molecule has 0 aliphatic heterocycles. The summed E-state index contributed by atoms with van der Waals surface area (Å²) in [7, 11) is 2.76. The van der Waals surface area contributed by atoms with E-state index in [1.54, 1.807) is 6.92 Å². The predicted molar refractivity (Wildman–Crippen MR) is 86.6 cm³/mol. The summed E-state index contributed by atoms with van der Waals surface area (Å²) >= 11 is 6.08. The number of urea groups is 1. The van der Waals surface area contributed by atoms with E-state index in [1.807, 2.05) is 5.32 Å². The van der Waals surface area contributed by atoms with Crippen molar-refractivity contribution in [2.45, 2.75) is 20.0 Å². The molecule has 1 atom stereocenters. The number of amides is 3. The van der Waals surface area contributed by atoms with Crippen LogP contribution in [0.2, 0.25) is 5.02 Å². The Bertz CT molecular complexity index is 635. The number of hydrogen-bond acceptors (Lipinski definition) is 6. The number of rotatable bonds is 6. The van der Waals surface area contributed by atoms with E-state index in [0.29, 0.717) is 12.4 Å². The minimum absolute atomic E-state index is 0.0832. The van der Waals surface area contributed by atoms with Crippen LogP contribution in [0.4, 0.5) is 4.79 Å². The number of carbonyl (C=O) groups excluding carboxylic acids is 3. The van der Waals surface area contributed by atoms with E-state index < -0.39 is 24.0 Å². The quantitative estimate of drug-likeness (QED) is 0.751. The van der Waals surface area contributed by atoms with Crippen molar-refractivity contribution in [3.63, 3.8) is 0 Å². The second kappa shape index (κ2) is 8.97. The third-order valence-electron chi connectivity index (χ3n) is 2.87. The van der Waals surface area contributed by atoms with Crippen LogP contribution < -0.4 is 20.1 Å². The molecule has 0 aliphatic carbocycles. The predicted octanol–water partition coefficient (Wildman–Crippen LogP) is 1.75. The summed E-state index contributed by atoms with van der Waals surface area (Å²) in [6.45, 7) is 3.49. The topological polar surface area (TPSA) is 103 Å². The molecule has 132 valence electrons. The summed E-state index contributed by atoms with van der Waals surface area (Å²) in [5.74, 6) is -0.980. The standard InChI is InChI=1S/C15H19ClN2O6/c1-5-23-12-10(16)6-9(7-11(12)22-4)14(20)24-8(2)13(19)18-15(21)17-3/h6-8H,5H2,1-4H3,(H2,17,18,19,21)/t8-/m0/s1. The molecular weight excluding hydrogens is 340 g/mol. The van der Waals surface area contributed by atoms with Crippen molar-refractivity contribution in [2.24, 2.45) is 0 Å². The van der Waals surface area contributed by atoms with Crippen LogP contribution in [0.15, 0.2) is 12.1 Å². The molecule has 0 spiro atoms. The van der Waals surface area contributed by atoms with Gasteiger partial charge in [0.05, 0.1) is 24.3 Å². The Morgan fingerprint density at radius 1 is 1.29 bits per heavy atom. The van der Waals surface area contributed by atoms with E-state index in [-0.39, 0.29) is 16.3 Å². The molecule has 1 aromatic rings. The highest BCUT2D eigenvalue weighted by atomic mass is 35.5. The number of nitrogens with one attached hydrogen (secondary N) is 2. The van der Waals surface area contributed by atoms with E-state index in [2.05, 4.69) is 5.32 Å². The Hall–Kier alpha value is -2.48. The first kappa shape index (κ1) is 19.6. The van der Waals surface area contributed by atoms with Crippen LogP contribution in [0, 0.1) is 0 Å². The third kappa shape index (κ3) is 5.02. The summed E-state index contributed by atoms with van der Waals surface area (Å²) in [6, 6.07) is 2.04. The molecule has 0 aromatic heterocycles. The van der Waals surface area contributed by atoms with Crippen molar-refractivity contribution in [1.82, 2.24) is 10.6 Å². The fourth-order valence-electron chi connectivity index (χ4n) is 1.68. The molecule has 3 amide bonds. The summed E-state index contributed by atoms with van der Waals surface area (Å²) in [5, 5.41) is 4.40. The Kier molecular flexibility index (Phi) is 7.31. The molecule has 8 nitrogen and oxygen atoms in total. The monoisotopic (exact) mass is 358 g/mol. The number of hydrogen-bond donors (Lipinski definition) is 2. The SMILES string of the molecule is CCOc1c(Cl)cc(C(=O)O[C@@H](C)C(=O)NC(=O)NC)cc1OC. The number of methoxy groups -OCH3 is 1. The Morgan fingerprint density at radius 3 is 2.50 bits per heavy atom. The highest BCUT2D eigenvalue weighted by molar-refractivity contribution is 6.32. The van der Waals surface area contributed by atoms with Gasteiger partial charge in [-0.2, -0.15) is 0 Å². The van der Waals surface area contributed by atoms with E-state index in [9.17, 15) is 14.4 Å². The molecule has 0 saturated carbocycles. The first-order chi connectivity index (χ1) is 11.3. The maximum absolute atomic E-state index is 12.1. The Morgan fingerprint density at radius 2 is 1.96 bits per heavy atom. The second-order valence-corrected chi connectivity index (χ2v) is 4.95. The highest BCUT2D eigenvalue weighted by Crippen LogP contribution is 2.36. The third-order valence-corrected chi connectivity index (χ3v) is 3.15. The van der Waals surface area contributed by atoms with Gasteiger partial charge in [-0.3, -0.25) is 10.1 Å². The number of esters is 1. The molecule has 24 heavy (non-hydrogen) atoms. The van der Waals surface area contributed by atoms with E-state index in [4.69, 9.17) is 25.8 Å². The van der Waals surface area contributed by atoms with Crippen molar-refractivity contribution in [1.29, 1.82) is 0 Å². The normalized spacial score (nSPS) is 11.2. The lowest BCUT2D eigenvalue weighted by Crippen LogP contribution is -2.43. The van der Waals surface area contributed by atoms with Crippen molar-refractivity contribution >= 4 is 29.5 Å². The first-order valence-corrected chi connectivity index (χ1v) is 7.45. The van der Waals surface area contributed by atoms with Crippen LogP contribution in [0.3, 0.4) is 0 Å². The minimum atomic E-state index is -1.17. The molecule has 0 aliphatic rings. The number of ether oxygens (including phenoxy) is 3. The minimum Gasteiger partial charge on any atom is -0.493 e. The average Bonchev–Trinajstić information content (AvgIpc) is 2.55. The van der Waals surface area contributed by atoms with Gasteiger partial charge in [0.15, 0.2) is 17.6 Å². The van der Waals surface area contributed by atoms with Crippen LogP contribution in [0.1, 0.15) is 24.2 Å². The van der Waals surface area contributed by atoms with Gasteiger partial charge >= 0.3 is 12.0 Å². The van der Waals surface area contributed by atoms with Gasteiger partial charge in [-0.25, -0.2) is 9.59 Å². The van der Waals surface area contributed by atoms with Gasteiger partial charge in [-0.1, -0.05) is 11.6 Å². The number of halogens is 1. The molecule has 0 radical (unpaired) electrons. The highest BCUT2D eigenvalue weighted by Gasteiger charge is 2.22. The summed E-state index contributed by atoms with van der Waals surface area (Å²) in [4.78, 5) is 34.9. The van der Waals surface area contributed by atoms with Crippen LogP contribution in [0.5, 0.6) is 11.5 Å². The van der Waals surface area contributed by atoms with Crippen LogP contribution in [0.25, 0.3) is 0 Å². The maximum atomic E-state index is 12.1. The molecule has 1 rings (SSSR count). The smallest absolute Gasteiger partial charge is 0.339 e.